The number of carbonyl (C=O) groups is 1. The quantitative estimate of drug-likeness (QED) is 0.736. The summed E-state index contributed by atoms with van der Waals surface area (Å²) >= 11 is 0. The zero-order valence-electron chi connectivity index (χ0n) is 11.2. The number of nitrogens with one attached hydrogen (secondary N) is 2. The van der Waals surface area contributed by atoms with Crippen LogP contribution >= 0.6 is 0 Å². The predicted molar refractivity (Wildman–Crippen MR) is 72.2 cm³/mol. The van der Waals surface area contributed by atoms with Crippen LogP contribution in [0.1, 0.15) is 32.4 Å². The third kappa shape index (κ3) is 5.29. The summed E-state index contributed by atoms with van der Waals surface area (Å²) in [4.78, 5) is 11.7. The van der Waals surface area contributed by atoms with Crippen LogP contribution in [0.2, 0.25) is 0 Å². The molecule has 4 heteroatoms. The van der Waals surface area contributed by atoms with E-state index in [2.05, 4.69) is 10.6 Å². The first-order valence-electron chi connectivity index (χ1n) is 6.12. The molecule has 100 valence electrons. The maximum atomic E-state index is 11.7. The minimum atomic E-state index is -0.347. The Bertz CT molecular complexity index is 371. The third-order valence-corrected chi connectivity index (χ3v) is 2.50. The van der Waals surface area contributed by atoms with Crippen molar-refractivity contribution < 1.29 is 9.90 Å². The Labute approximate surface area is 108 Å². The zero-order valence-corrected chi connectivity index (χ0v) is 11.2. The maximum Gasteiger partial charge on any atom is 0.234 e. The van der Waals surface area contributed by atoms with Gasteiger partial charge < -0.3 is 15.7 Å². The molecule has 4 nitrogen and oxygen atoms in total. The molecule has 0 aromatic heterocycles. The van der Waals surface area contributed by atoms with Crippen molar-refractivity contribution in [3.8, 4) is 0 Å². The molecule has 1 aromatic carbocycles. The Morgan fingerprint density at radius 2 is 1.89 bits per heavy atom. The van der Waals surface area contributed by atoms with E-state index in [0.717, 1.165) is 5.56 Å². The molecule has 0 aliphatic heterocycles. The van der Waals surface area contributed by atoms with E-state index >= 15 is 0 Å². The second kappa shape index (κ2) is 6.52. The molecule has 0 unspecified atom stereocenters. The van der Waals surface area contributed by atoms with E-state index in [1.165, 1.54) is 0 Å². The lowest BCUT2D eigenvalue weighted by Gasteiger charge is -2.22. The van der Waals surface area contributed by atoms with Crippen molar-refractivity contribution in [3.63, 3.8) is 0 Å². The second-order valence-electron chi connectivity index (χ2n) is 5.32. The highest BCUT2D eigenvalue weighted by Gasteiger charge is 2.15. The molecule has 3 N–H and O–H groups in total. The van der Waals surface area contributed by atoms with Crippen molar-refractivity contribution in [2.45, 2.75) is 32.4 Å². The van der Waals surface area contributed by atoms with Gasteiger partial charge in [0.05, 0.1) is 19.2 Å². The van der Waals surface area contributed by atoms with E-state index in [4.69, 9.17) is 0 Å². The van der Waals surface area contributed by atoms with Crippen LogP contribution < -0.4 is 10.6 Å². The average Bonchev–Trinajstić information content (AvgIpc) is 2.33. The molecular formula is C14H22N2O2. The fraction of sp³-hybridized carbons (Fsp3) is 0.500. The Kier molecular flexibility index (Phi) is 5.31. The number of rotatable bonds is 5. The van der Waals surface area contributed by atoms with Crippen LogP contribution in [0.3, 0.4) is 0 Å². The molecule has 0 spiro atoms. The van der Waals surface area contributed by atoms with Gasteiger partial charge in [-0.25, -0.2) is 0 Å². The van der Waals surface area contributed by atoms with Crippen molar-refractivity contribution in [2.75, 3.05) is 13.2 Å². The largest absolute Gasteiger partial charge is 0.394 e. The molecule has 0 saturated carbocycles. The highest BCUT2D eigenvalue weighted by molar-refractivity contribution is 5.78. The molecule has 0 aliphatic carbocycles. The summed E-state index contributed by atoms with van der Waals surface area (Å²) in [6.45, 7) is 6.14. The molecule has 0 saturated heterocycles. The Hall–Kier alpha value is -1.39. The molecule has 1 atom stereocenters. The standard InChI is InChI=1S/C14H22N2O2/c1-14(2,3)15-9-13(18)16-12(10-17)11-7-5-4-6-8-11/h4-8,12,15,17H,9-10H2,1-3H3,(H,16,18)/t12-/m0/s1. The number of hydrogen-bond acceptors (Lipinski definition) is 3. The van der Waals surface area contributed by atoms with Gasteiger partial charge >= 0.3 is 0 Å². The fourth-order valence-corrected chi connectivity index (χ4v) is 1.51. The first kappa shape index (κ1) is 14.7. The Morgan fingerprint density at radius 3 is 2.39 bits per heavy atom. The van der Waals surface area contributed by atoms with Crippen molar-refractivity contribution in [3.05, 3.63) is 35.9 Å². The van der Waals surface area contributed by atoms with Crippen LogP contribution in [0.25, 0.3) is 0 Å². The monoisotopic (exact) mass is 250 g/mol. The van der Waals surface area contributed by atoms with Crippen molar-refractivity contribution in [1.82, 2.24) is 10.6 Å². The average molecular weight is 250 g/mol. The Morgan fingerprint density at radius 1 is 1.28 bits per heavy atom. The lowest BCUT2D eigenvalue weighted by molar-refractivity contribution is -0.121. The van der Waals surface area contributed by atoms with Gasteiger partial charge in [0.25, 0.3) is 0 Å². The van der Waals surface area contributed by atoms with E-state index < -0.39 is 0 Å². The molecule has 0 aliphatic rings. The summed E-state index contributed by atoms with van der Waals surface area (Å²) in [5, 5.41) is 15.2. The second-order valence-corrected chi connectivity index (χ2v) is 5.32. The van der Waals surface area contributed by atoms with Gasteiger partial charge in [0, 0.05) is 5.54 Å². The maximum absolute atomic E-state index is 11.7. The summed E-state index contributed by atoms with van der Waals surface area (Å²) in [6, 6.07) is 9.10. The van der Waals surface area contributed by atoms with E-state index in [0.29, 0.717) is 0 Å². The summed E-state index contributed by atoms with van der Waals surface area (Å²) in [7, 11) is 0. The number of aliphatic hydroxyl groups excluding tert-OH is 1. The van der Waals surface area contributed by atoms with Crippen LogP contribution in [-0.2, 0) is 4.79 Å². The van der Waals surface area contributed by atoms with Crippen molar-refractivity contribution >= 4 is 5.91 Å². The Balaban J connectivity index is 2.51. The lowest BCUT2D eigenvalue weighted by atomic mass is 10.1. The van der Waals surface area contributed by atoms with Gasteiger partial charge in [-0.1, -0.05) is 30.3 Å². The summed E-state index contributed by atoms with van der Waals surface area (Å²) in [5.41, 5.74) is 0.808. The number of carbonyl (C=O) groups excluding carboxylic acids is 1. The molecule has 0 fully saturated rings. The highest BCUT2D eigenvalue weighted by atomic mass is 16.3. The van der Waals surface area contributed by atoms with E-state index in [-0.39, 0.29) is 30.6 Å². The van der Waals surface area contributed by atoms with Crippen LogP contribution in [-0.4, -0.2) is 29.7 Å². The number of amides is 1. The first-order chi connectivity index (χ1) is 8.42. The van der Waals surface area contributed by atoms with Gasteiger partial charge in [-0.15, -0.1) is 0 Å². The van der Waals surface area contributed by atoms with Crippen molar-refractivity contribution in [2.24, 2.45) is 0 Å². The third-order valence-electron chi connectivity index (χ3n) is 2.50. The van der Waals surface area contributed by atoms with Gasteiger partial charge in [0.15, 0.2) is 0 Å². The summed E-state index contributed by atoms with van der Waals surface area (Å²) < 4.78 is 0. The topological polar surface area (TPSA) is 61.4 Å². The van der Waals surface area contributed by atoms with E-state index in [9.17, 15) is 9.90 Å². The molecule has 0 radical (unpaired) electrons. The van der Waals surface area contributed by atoms with E-state index in [1.807, 2.05) is 51.1 Å². The fourth-order valence-electron chi connectivity index (χ4n) is 1.51. The van der Waals surface area contributed by atoms with Gasteiger partial charge in [0.2, 0.25) is 5.91 Å². The van der Waals surface area contributed by atoms with Crippen LogP contribution in [0, 0.1) is 0 Å². The van der Waals surface area contributed by atoms with Gasteiger partial charge in [-0.3, -0.25) is 4.79 Å². The predicted octanol–water partition coefficient (Wildman–Crippen LogP) is 1.22. The highest BCUT2D eigenvalue weighted by Crippen LogP contribution is 2.11. The van der Waals surface area contributed by atoms with Gasteiger partial charge in [-0.2, -0.15) is 0 Å². The summed E-state index contributed by atoms with van der Waals surface area (Å²) in [5.74, 6) is -0.118. The minimum absolute atomic E-state index is 0.0984. The summed E-state index contributed by atoms with van der Waals surface area (Å²) in [6.07, 6.45) is 0. The molecule has 18 heavy (non-hydrogen) atoms. The first-order valence-corrected chi connectivity index (χ1v) is 6.12. The van der Waals surface area contributed by atoms with Crippen LogP contribution in [0.4, 0.5) is 0 Å². The normalized spacial score (nSPS) is 13.1. The molecule has 0 heterocycles. The van der Waals surface area contributed by atoms with Gasteiger partial charge in [-0.05, 0) is 26.3 Å². The lowest BCUT2D eigenvalue weighted by Crippen LogP contribution is -2.44. The van der Waals surface area contributed by atoms with Crippen LogP contribution in [0.15, 0.2) is 30.3 Å². The van der Waals surface area contributed by atoms with Gasteiger partial charge in [0.1, 0.15) is 0 Å². The number of aliphatic hydroxyl groups is 1. The van der Waals surface area contributed by atoms with E-state index in [1.54, 1.807) is 0 Å². The molecule has 1 aromatic rings. The smallest absolute Gasteiger partial charge is 0.234 e. The molecule has 0 bridgehead atoms. The number of hydrogen-bond donors (Lipinski definition) is 3. The van der Waals surface area contributed by atoms with Crippen molar-refractivity contribution in [1.29, 1.82) is 0 Å². The van der Waals surface area contributed by atoms with Crippen LogP contribution in [0.5, 0.6) is 0 Å². The zero-order chi connectivity index (χ0) is 13.6. The molecular weight excluding hydrogens is 228 g/mol. The number of benzene rings is 1. The SMILES string of the molecule is CC(C)(C)NCC(=O)N[C@@H](CO)c1ccccc1. The minimum Gasteiger partial charge on any atom is -0.394 e. The molecule has 1 rings (SSSR count). The molecule has 1 amide bonds.